The van der Waals surface area contributed by atoms with E-state index < -0.39 is 0 Å². The number of carbonyl (C=O) groups is 1. The van der Waals surface area contributed by atoms with E-state index in [0.717, 1.165) is 24.2 Å². The molecule has 0 saturated carbocycles. The van der Waals surface area contributed by atoms with Crippen molar-refractivity contribution in [1.29, 1.82) is 0 Å². The molecule has 4 heteroatoms. The van der Waals surface area contributed by atoms with Crippen molar-refractivity contribution >= 4 is 23.4 Å². The number of ether oxygens (including phenoxy) is 1. The van der Waals surface area contributed by atoms with E-state index in [1.54, 1.807) is 7.11 Å². The van der Waals surface area contributed by atoms with E-state index in [2.05, 4.69) is 13.0 Å². The molecule has 1 aliphatic heterocycles. The second-order valence-electron chi connectivity index (χ2n) is 5.78. The summed E-state index contributed by atoms with van der Waals surface area (Å²) in [5.74, 6) is 0.0603. The number of methoxy groups -OCH3 is 1. The molecule has 0 N–H and O–H groups in total. The molecule has 0 aliphatic carbocycles. The predicted octanol–water partition coefficient (Wildman–Crippen LogP) is 4.36. The maximum Gasteiger partial charge on any atom is 0.258 e. The summed E-state index contributed by atoms with van der Waals surface area (Å²) in [4.78, 5) is 16.1. The summed E-state index contributed by atoms with van der Waals surface area (Å²) in [5.41, 5.74) is 2.75. The van der Waals surface area contributed by atoms with Crippen LogP contribution in [0.5, 0.6) is 0 Å². The smallest absolute Gasteiger partial charge is 0.258 e. The molecule has 120 valence electrons. The summed E-state index contributed by atoms with van der Waals surface area (Å²) in [7, 11) is 1.66. The average molecular weight is 327 g/mol. The topological polar surface area (TPSA) is 29.5 Å². The molecule has 0 bridgehead atoms. The first-order valence-electron chi connectivity index (χ1n) is 7.84. The zero-order valence-electron chi connectivity index (χ0n) is 13.5. The lowest BCUT2D eigenvalue weighted by molar-refractivity contribution is 0.0986. The number of hydrogen-bond acceptors (Lipinski definition) is 3. The normalized spacial score (nSPS) is 17.5. The van der Waals surface area contributed by atoms with E-state index in [1.165, 1.54) is 4.90 Å². The van der Waals surface area contributed by atoms with Crippen LogP contribution in [0.2, 0.25) is 0 Å². The van der Waals surface area contributed by atoms with Gasteiger partial charge in [0.2, 0.25) is 0 Å². The molecule has 0 unspecified atom stereocenters. The van der Waals surface area contributed by atoms with Crippen molar-refractivity contribution < 1.29 is 9.53 Å². The number of thioether (sulfide) groups is 1. The second-order valence-corrected chi connectivity index (χ2v) is 7.26. The molecule has 0 aromatic heterocycles. The first-order valence-corrected chi connectivity index (χ1v) is 8.72. The minimum absolute atomic E-state index is 0.0603. The number of para-hydroxylation sites is 1. The number of carbonyl (C=O) groups excluding carboxylic acids is 1. The zero-order valence-corrected chi connectivity index (χ0v) is 14.3. The van der Waals surface area contributed by atoms with Gasteiger partial charge in [0.1, 0.15) is 0 Å². The highest BCUT2D eigenvalue weighted by atomic mass is 32.2. The molecule has 0 radical (unpaired) electrons. The van der Waals surface area contributed by atoms with E-state index in [9.17, 15) is 4.79 Å². The lowest BCUT2D eigenvalue weighted by atomic mass is 10.1. The van der Waals surface area contributed by atoms with Gasteiger partial charge in [-0.15, -0.1) is 11.8 Å². The van der Waals surface area contributed by atoms with E-state index in [-0.39, 0.29) is 5.91 Å². The highest BCUT2D eigenvalue weighted by Gasteiger charge is 2.24. The van der Waals surface area contributed by atoms with Gasteiger partial charge in [-0.05, 0) is 36.2 Å². The highest BCUT2D eigenvalue weighted by Crippen LogP contribution is 2.37. The molecule has 0 spiro atoms. The molecule has 0 fully saturated rings. The third-order valence-corrected chi connectivity index (χ3v) is 5.21. The number of amides is 1. The van der Waals surface area contributed by atoms with Gasteiger partial charge in [-0.3, -0.25) is 4.79 Å². The molecular formula is C19H21NO2S. The van der Waals surface area contributed by atoms with Crippen molar-refractivity contribution in [3.8, 4) is 0 Å². The Bertz CT molecular complexity index is 701. The highest BCUT2D eigenvalue weighted by molar-refractivity contribution is 8.00. The molecule has 1 amide bonds. The first kappa shape index (κ1) is 16.1. The van der Waals surface area contributed by atoms with Gasteiger partial charge in [0.05, 0.1) is 12.3 Å². The molecule has 1 aliphatic rings. The lowest BCUT2D eigenvalue weighted by Crippen LogP contribution is -2.32. The molecule has 1 heterocycles. The Morgan fingerprint density at radius 1 is 1.26 bits per heavy atom. The van der Waals surface area contributed by atoms with Crippen LogP contribution in [0.15, 0.2) is 53.4 Å². The summed E-state index contributed by atoms with van der Waals surface area (Å²) >= 11 is 1.85. The van der Waals surface area contributed by atoms with Gasteiger partial charge in [0.25, 0.3) is 5.91 Å². The minimum atomic E-state index is 0.0603. The molecule has 1 atom stereocenters. The Balaban J connectivity index is 1.94. The molecule has 3 rings (SSSR count). The van der Waals surface area contributed by atoms with Gasteiger partial charge in [-0.1, -0.05) is 31.2 Å². The summed E-state index contributed by atoms with van der Waals surface area (Å²) < 4.78 is 5.17. The molecule has 2 aromatic rings. The molecule has 23 heavy (non-hydrogen) atoms. The first-order chi connectivity index (χ1) is 11.2. The Labute approximate surface area is 141 Å². The van der Waals surface area contributed by atoms with Crippen LogP contribution in [0.25, 0.3) is 0 Å². The van der Waals surface area contributed by atoms with Gasteiger partial charge in [0, 0.05) is 29.4 Å². The van der Waals surface area contributed by atoms with Crippen LogP contribution in [0.1, 0.15) is 29.3 Å². The largest absolute Gasteiger partial charge is 0.380 e. The Hall–Kier alpha value is -1.78. The molecule has 3 nitrogen and oxygen atoms in total. The summed E-state index contributed by atoms with van der Waals surface area (Å²) in [6, 6.07) is 15.9. The number of rotatable bonds is 3. The second kappa shape index (κ2) is 7.20. The predicted molar refractivity (Wildman–Crippen MR) is 95.2 cm³/mol. The zero-order chi connectivity index (χ0) is 16.2. The van der Waals surface area contributed by atoms with E-state index in [0.29, 0.717) is 17.4 Å². The third kappa shape index (κ3) is 3.59. The fraction of sp³-hybridized carbons (Fsp3) is 0.316. The fourth-order valence-electron chi connectivity index (χ4n) is 2.81. The van der Waals surface area contributed by atoms with Crippen LogP contribution in [0.3, 0.4) is 0 Å². The van der Waals surface area contributed by atoms with Gasteiger partial charge in [0.15, 0.2) is 0 Å². The van der Waals surface area contributed by atoms with Crippen LogP contribution in [-0.4, -0.2) is 24.8 Å². The summed E-state index contributed by atoms with van der Waals surface area (Å²) in [5, 5.41) is 0.508. The summed E-state index contributed by atoms with van der Waals surface area (Å²) in [6.07, 6.45) is 0.989. The Kier molecular flexibility index (Phi) is 5.03. The lowest BCUT2D eigenvalue weighted by Gasteiger charge is -2.22. The number of anilines is 1. The number of nitrogens with zero attached hydrogens (tertiary/aromatic N) is 1. The average Bonchev–Trinajstić information content (AvgIpc) is 2.73. The van der Waals surface area contributed by atoms with E-state index >= 15 is 0 Å². The maximum atomic E-state index is 13.1. The Morgan fingerprint density at radius 2 is 2.09 bits per heavy atom. The number of hydrogen-bond donors (Lipinski definition) is 0. The quantitative estimate of drug-likeness (QED) is 0.838. The van der Waals surface area contributed by atoms with Crippen LogP contribution in [0, 0.1) is 0 Å². The van der Waals surface area contributed by atoms with E-state index in [4.69, 9.17) is 4.74 Å². The fourth-order valence-corrected chi connectivity index (χ4v) is 3.93. The maximum absolute atomic E-state index is 13.1. The van der Waals surface area contributed by atoms with Crippen LogP contribution in [-0.2, 0) is 11.3 Å². The van der Waals surface area contributed by atoms with Crippen LogP contribution in [0.4, 0.5) is 5.69 Å². The van der Waals surface area contributed by atoms with Crippen molar-refractivity contribution in [2.75, 3.05) is 18.6 Å². The van der Waals surface area contributed by atoms with Crippen molar-refractivity contribution in [2.24, 2.45) is 0 Å². The van der Waals surface area contributed by atoms with Gasteiger partial charge < -0.3 is 9.64 Å². The van der Waals surface area contributed by atoms with Crippen LogP contribution < -0.4 is 4.90 Å². The SMILES string of the molecule is COCc1cccc(C(=O)N2CC[C@H](C)Sc3ccccc32)c1. The van der Waals surface area contributed by atoms with Crippen molar-refractivity contribution in [3.63, 3.8) is 0 Å². The minimum Gasteiger partial charge on any atom is -0.380 e. The van der Waals surface area contributed by atoms with Gasteiger partial charge in [-0.2, -0.15) is 0 Å². The van der Waals surface area contributed by atoms with E-state index in [1.807, 2.05) is 59.1 Å². The van der Waals surface area contributed by atoms with Crippen molar-refractivity contribution in [2.45, 2.75) is 30.1 Å². The summed E-state index contributed by atoms with van der Waals surface area (Å²) in [6.45, 7) is 3.48. The van der Waals surface area contributed by atoms with Gasteiger partial charge >= 0.3 is 0 Å². The Morgan fingerprint density at radius 3 is 2.91 bits per heavy atom. The molecule has 2 aromatic carbocycles. The molecular weight excluding hydrogens is 306 g/mol. The monoisotopic (exact) mass is 327 g/mol. The molecule has 0 saturated heterocycles. The van der Waals surface area contributed by atoms with Crippen molar-refractivity contribution in [3.05, 3.63) is 59.7 Å². The van der Waals surface area contributed by atoms with Crippen LogP contribution >= 0.6 is 11.8 Å². The third-order valence-electron chi connectivity index (χ3n) is 3.97. The number of fused-ring (bicyclic) bond motifs is 1. The standard InChI is InChI=1S/C19H21NO2S/c1-14-10-11-20(17-8-3-4-9-18(17)23-14)19(21)16-7-5-6-15(12-16)13-22-2/h3-9,12,14H,10-11,13H2,1-2H3/t14-/m0/s1. The van der Waals surface area contributed by atoms with Crippen molar-refractivity contribution in [1.82, 2.24) is 0 Å². The number of benzene rings is 2. The van der Waals surface area contributed by atoms with Gasteiger partial charge in [-0.25, -0.2) is 0 Å².